The van der Waals surface area contributed by atoms with Gasteiger partial charge in [-0.15, -0.1) is 0 Å². The second-order valence-corrected chi connectivity index (χ2v) is 10.2. The Morgan fingerprint density at radius 3 is 2.68 bits per heavy atom. The van der Waals surface area contributed by atoms with Crippen molar-refractivity contribution in [3.05, 3.63) is 77.0 Å². The molecular weight excluding hydrogens is 464 g/mol. The standard InChI is InChI=1S/C31H38N2O4/c1-6-33(20(2)3)19-26-17-25(9-11-27(26)24-13-14-32-30(18-24)36-5)28-12-10-23-8-7-22(16-29(23)37-28)15-21(4)31(34)35/h7-9,11,13-14,16-18,20-21,28H,6,10,12,15,19H2,1-5H3,(H,34,35)/t21-,28?/m0/s1. The lowest BCUT2D eigenvalue weighted by molar-refractivity contribution is -0.141. The Bertz CT molecular complexity index is 1240. The first-order valence-electron chi connectivity index (χ1n) is 13.2. The van der Waals surface area contributed by atoms with E-state index in [0.29, 0.717) is 18.3 Å². The number of carbonyl (C=O) groups is 1. The van der Waals surface area contributed by atoms with Gasteiger partial charge in [-0.25, -0.2) is 4.98 Å². The lowest BCUT2D eigenvalue weighted by Crippen LogP contribution is -2.30. The predicted octanol–water partition coefficient (Wildman–Crippen LogP) is 6.32. The van der Waals surface area contributed by atoms with Crippen molar-refractivity contribution < 1.29 is 19.4 Å². The smallest absolute Gasteiger partial charge is 0.306 e. The van der Waals surface area contributed by atoms with Gasteiger partial charge in [0.05, 0.1) is 13.0 Å². The summed E-state index contributed by atoms with van der Waals surface area (Å²) in [5, 5.41) is 9.30. The fraction of sp³-hybridized carbons (Fsp3) is 0.419. The maximum atomic E-state index is 11.3. The number of hydrogen-bond acceptors (Lipinski definition) is 5. The summed E-state index contributed by atoms with van der Waals surface area (Å²) < 4.78 is 11.9. The summed E-state index contributed by atoms with van der Waals surface area (Å²) in [5.41, 5.74) is 6.84. The SMILES string of the molecule is CCN(Cc1cc(C2CCc3ccc(C[C@H](C)C(=O)O)cc3O2)ccc1-c1ccnc(OC)c1)C(C)C. The van der Waals surface area contributed by atoms with E-state index >= 15 is 0 Å². The number of pyridine rings is 1. The van der Waals surface area contributed by atoms with E-state index in [1.165, 1.54) is 16.7 Å². The van der Waals surface area contributed by atoms with Gasteiger partial charge in [-0.3, -0.25) is 9.69 Å². The number of hydrogen-bond donors (Lipinski definition) is 1. The van der Waals surface area contributed by atoms with Crippen LogP contribution in [0.2, 0.25) is 0 Å². The highest BCUT2D eigenvalue weighted by Gasteiger charge is 2.24. The number of fused-ring (bicyclic) bond motifs is 1. The molecule has 4 rings (SSSR count). The Morgan fingerprint density at radius 2 is 1.97 bits per heavy atom. The Kier molecular flexibility index (Phi) is 8.49. The molecule has 2 atom stereocenters. The number of benzene rings is 2. The summed E-state index contributed by atoms with van der Waals surface area (Å²) in [6, 6.07) is 17.2. The van der Waals surface area contributed by atoms with Crippen LogP contribution in [0.5, 0.6) is 11.6 Å². The molecule has 37 heavy (non-hydrogen) atoms. The van der Waals surface area contributed by atoms with E-state index in [9.17, 15) is 9.90 Å². The molecule has 1 aliphatic rings. The molecule has 0 saturated carbocycles. The van der Waals surface area contributed by atoms with Crippen molar-refractivity contribution in [2.24, 2.45) is 5.92 Å². The van der Waals surface area contributed by atoms with E-state index < -0.39 is 11.9 Å². The molecule has 0 amide bonds. The number of aryl methyl sites for hydroxylation is 1. The molecule has 2 aromatic carbocycles. The first kappa shape index (κ1) is 26.7. The highest BCUT2D eigenvalue weighted by Crippen LogP contribution is 2.38. The zero-order chi connectivity index (χ0) is 26.5. The van der Waals surface area contributed by atoms with Gasteiger partial charge >= 0.3 is 5.97 Å². The number of aliphatic carboxylic acids is 1. The fourth-order valence-electron chi connectivity index (χ4n) is 5.01. The molecule has 0 saturated heterocycles. The number of aromatic nitrogens is 1. The van der Waals surface area contributed by atoms with Crippen molar-refractivity contribution in [2.45, 2.75) is 65.6 Å². The zero-order valence-electron chi connectivity index (χ0n) is 22.5. The Balaban J connectivity index is 1.65. The second kappa shape index (κ2) is 11.8. The number of carboxylic acids is 1. The summed E-state index contributed by atoms with van der Waals surface area (Å²) >= 11 is 0. The molecule has 1 N–H and O–H groups in total. The van der Waals surface area contributed by atoms with Gasteiger partial charge in [0, 0.05) is 24.8 Å². The Hall–Kier alpha value is -3.38. The third-order valence-electron chi connectivity index (χ3n) is 7.31. The lowest BCUT2D eigenvalue weighted by atomic mass is 9.91. The maximum Gasteiger partial charge on any atom is 0.306 e. The summed E-state index contributed by atoms with van der Waals surface area (Å²) in [6.45, 7) is 10.2. The van der Waals surface area contributed by atoms with Crippen molar-refractivity contribution in [1.82, 2.24) is 9.88 Å². The van der Waals surface area contributed by atoms with Gasteiger partial charge in [-0.1, -0.05) is 44.2 Å². The Labute approximate surface area is 220 Å². The zero-order valence-corrected chi connectivity index (χ0v) is 22.5. The van der Waals surface area contributed by atoms with Gasteiger partial charge in [0.15, 0.2) is 0 Å². The van der Waals surface area contributed by atoms with Gasteiger partial charge in [-0.05, 0) is 85.2 Å². The van der Waals surface area contributed by atoms with Crippen LogP contribution in [0.1, 0.15) is 62.5 Å². The van der Waals surface area contributed by atoms with E-state index in [1.807, 2.05) is 24.3 Å². The minimum absolute atomic E-state index is 0.0476. The van der Waals surface area contributed by atoms with Gasteiger partial charge in [0.25, 0.3) is 0 Å². The predicted molar refractivity (Wildman–Crippen MR) is 146 cm³/mol. The van der Waals surface area contributed by atoms with Crippen LogP contribution in [-0.4, -0.2) is 40.7 Å². The second-order valence-electron chi connectivity index (χ2n) is 10.2. The van der Waals surface area contributed by atoms with Crippen molar-refractivity contribution in [2.75, 3.05) is 13.7 Å². The number of nitrogens with zero attached hydrogens (tertiary/aromatic N) is 2. The molecule has 0 radical (unpaired) electrons. The van der Waals surface area contributed by atoms with E-state index in [1.54, 1.807) is 20.2 Å². The van der Waals surface area contributed by atoms with Crippen LogP contribution in [0, 0.1) is 5.92 Å². The molecular formula is C31H38N2O4. The molecule has 6 nitrogen and oxygen atoms in total. The summed E-state index contributed by atoms with van der Waals surface area (Å²) in [4.78, 5) is 18.1. The van der Waals surface area contributed by atoms with Crippen LogP contribution in [0.3, 0.4) is 0 Å². The van der Waals surface area contributed by atoms with Crippen LogP contribution in [-0.2, 0) is 24.2 Å². The highest BCUT2D eigenvalue weighted by molar-refractivity contribution is 5.70. The molecule has 1 unspecified atom stereocenters. The van der Waals surface area contributed by atoms with Crippen LogP contribution >= 0.6 is 0 Å². The summed E-state index contributed by atoms with van der Waals surface area (Å²) in [5.74, 6) is 0.262. The highest BCUT2D eigenvalue weighted by atomic mass is 16.5. The largest absolute Gasteiger partial charge is 0.485 e. The molecule has 1 aromatic heterocycles. The summed E-state index contributed by atoms with van der Waals surface area (Å²) in [7, 11) is 1.64. The van der Waals surface area contributed by atoms with Gasteiger partial charge in [0.2, 0.25) is 5.88 Å². The first-order valence-corrected chi connectivity index (χ1v) is 13.2. The Morgan fingerprint density at radius 1 is 1.16 bits per heavy atom. The van der Waals surface area contributed by atoms with Crippen LogP contribution in [0.25, 0.3) is 11.1 Å². The van der Waals surface area contributed by atoms with Gasteiger partial charge < -0.3 is 14.6 Å². The number of carboxylic acid groups (broad SMARTS) is 1. The average molecular weight is 503 g/mol. The van der Waals surface area contributed by atoms with Crippen molar-refractivity contribution in [1.29, 1.82) is 0 Å². The molecule has 0 aliphatic carbocycles. The van der Waals surface area contributed by atoms with Crippen LogP contribution in [0.4, 0.5) is 0 Å². The van der Waals surface area contributed by atoms with Crippen molar-refractivity contribution >= 4 is 5.97 Å². The lowest BCUT2D eigenvalue weighted by Gasteiger charge is -2.29. The number of methoxy groups -OCH3 is 1. The number of rotatable bonds is 10. The van der Waals surface area contributed by atoms with E-state index in [-0.39, 0.29) is 6.10 Å². The topological polar surface area (TPSA) is 71.9 Å². The van der Waals surface area contributed by atoms with Gasteiger partial charge in [0.1, 0.15) is 11.9 Å². The quantitative estimate of drug-likeness (QED) is 0.350. The van der Waals surface area contributed by atoms with E-state index in [2.05, 4.69) is 54.9 Å². The van der Waals surface area contributed by atoms with E-state index in [0.717, 1.165) is 48.4 Å². The maximum absolute atomic E-state index is 11.3. The molecule has 0 bridgehead atoms. The summed E-state index contributed by atoms with van der Waals surface area (Å²) in [6.07, 6.45) is 4.07. The first-order chi connectivity index (χ1) is 17.8. The van der Waals surface area contributed by atoms with Gasteiger partial charge in [-0.2, -0.15) is 0 Å². The monoisotopic (exact) mass is 502 g/mol. The van der Waals surface area contributed by atoms with E-state index in [4.69, 9.17) is 9.47 Å². The average Bonchev–Trinajstić information content (AvgIpc) is 2.90. The fourth-order valence-corrected chi connectivity index (χ4v) is 5.01. The van der Waals surface area contributed by atoms with Crippen molar-refractivity contribution in [3.63, 3.8) is 0 Å². The minimum Gasteiger partial charge on any atom is -0.485 e. The van der Waals surface area contributed by atoms with Crippen molar-refractivity contribution in [3.8, 4) is 22.8 Å². The molecule has 2 heterocycles. The minimum atomic E-state index is -0.779. The molecule has 0 spiro atoms. The molecule has 0 fully saturated rings. The molecule has 6 heteroatoms. The van der Waals surface area contributed by atoms with Crippen LogP contribution in [0.15, 0.2) is 54.7 Å². The molecule has 3 aromatic rings. The molecule has 196 valence electrons. The van der Waals surface area contributed by atoms with Crippen LogP contribution < -0.4 is 9.47 Å². The molecule has 1 aliphatic heterocycles. The third kappa shape index (κ3) is 6.31. The normalized spacial score (nSPS) is 15.8. The number of ether oxygens (including phenoxy) is 2. The third-order valence-corrected chi connectivity index (χ3v) is 7.31.